The van der Waals surface area contributed by atoms with Gasteiger partial charge in [0.25, 0.3) is 0 Å². The van der Waals surface area contributed by atoms with E-state index in [9.17, 15) is 4.79 Å². The maximum atomic E-state index is 11.0. The molecule has 0 saturated carbocycles. The largest absolute Gasteiger partial charge is 0.368 e. The SMILES string of the molecule is N#C/C=C(/c1ccccc1)N1CC1C(N)=O. The standard InChI is InChI=1S/C12H11N3O/c13-7-6-10(9-4-2-1-3-5-9)15-8-11(15)12(14)16/h1-6,11H,8H2,(H2,14,16)/b10-6-. The molecule has 1 aromatic carbocycles. The summed E-state index contributed by atoms with van der Waals surface area (Å²) in [5, 5.41) is 8.73. The summed E-state index contributed by atoms with van der Waals surface area (Å²) in [4.78, 5) is 12.8. The van der Waals surface area contributed by atoms with Crippen molar-refractivity contribution in [2.75, 3.05) is 6.54 Å². The Kier molecular flexibility index (Phi) is 2.61. The molecule has 0 radical (unpaired) electrons. The number of hydrogen-bond acceptors (Lipinski definition) is 3. The van der Waals surface area contributed by atoms with E-state index in [1.165, 1.54) is 6.08 Å². The Labute approximate surface area is 93.6 Å². The lowest BCUT2D eigenvalue weighted by Crippen LogP contribution is -2.21. The van der Waals surface area contributed by atoms with Crippen molar-refractivity contribution in [3.05, 3.63) is 42.0 Å². The van der Waals surface area contributed by atoms with Crippen LogP contribution in [0.4, 0.5) is 0 Å². The molecule has 0 aromatic heterocycles. The van der Waals surface area contributed by atoms with Crippen LogP contribution in [0.5, 0.6) is 0 Å². The Morgan fingerprint density at radius 3 is 2.69 bits per heavy atom. The van der Waals surface area contributed by atoms with Crippen LogP contribution in [0, 0.1) is 11.3 Å². The molecular weight excluding hydrogens is 202 g/mol. The van der Waals surface area contributed by atoms with E-state index < -0.39 is 0 Å². The lowest BCUT2D eigenvalue weighted by molar-refractivity contribution is -0.118. The molecule has 1 saturated heterocycles. The van der Waals surface area contributed by atoms with E-state index in [4.69, 9.17) is 11.0 Å². The molecule has 4 heteroatoms. The molecule has 1 atom stereocenters. The molecule has 1 fully saturated rings. The van der Waals surface area contributed by atoms with E-state index in [0.717, 1.165) is 11.3 Å². The van der Waals surface area contributed by atoms with Gasteiger partial charge in [-0.3, -0.25) is 4.79 Å². The zero-order chi connectivity index (χ0) is 11.5. The average molecular weight is 213 g/mol. The summed E-state index contributed by atoms with van der Waals surface area (Å²) >= 11 is 0. The third-order valence-corrected chi connectivity index (χ3v) is 2.52. The van der Waals surface area contributed by atoms with E-state index in [2.05, 4.69) is 0 Å². The summed E-state index contributed by atoms with van der Waals surface area (Å²) in [5.74, 6) is -0.347. The molecule has 16 heavy (non-hydrogen) atoms. The smallest absolute Gasteiger partial charge is 0.241 e. The van der Waals surface area contributed by atoms with Crippen molar-refractivity contribution in [1.82, 2.24) is 4.90 Å². The van der Waals surface area contributed by atoms with E-state index in [1.54, 1.807) is 0 Å². The maximum absolute atomic E-state index is 11.0. The van der Waals surface area contributed by atoms with Gasteiger partial charge in [-0.25, -0.2) is 0 Å². The molecule has 1 unspecified atom stereocenters. The molecule has 0 bridgehead atoms. The summed E-state index contributed by atoms with van der Waals surface area (Å²) in [6, 6.07) is 11.2. The second-order valence-corrected chi connectivity index (χ2v) is 3.60. The van der Waals surface area contributed by atoms with Crippen molar-refractivity contribution in [3.63, 3.8) is 0 Å². The monoisotopic (exact) mass is 213 g/mol. The highest BCUT2D eigenvalue weighted by Gasteiger charge is 2.40. The summed E-state index contributed by atoms with van der Waals surface area (Å²) in [6.07, 6.45) is 1.44. The predicted molar refractivity (Wildman–Crippen MR) is 59.7 cm³/mol. The van der Waals surface area contributed by atoms with E-state index in [0.29, 0.717) is 6.54 Å². The Morgan fingerprint density at radius 2 is 2.19 bits per heavy atom. The van der Waals surface area contributed by atoms with E-state index in [-0.39, 0.29) is 11.9 Å². The number of allylic oxidation sites excluding steroid dienone is 1. The predicted octanol–water partition coefficient (Wildman–Crippen LogP) is 0.721. The number of carbonyl (C=O) groups is 1. The third kappa shape index (κ3) is 1.89. The van der Waals surface area contributed by atoms with Gasteiger partial charge in [-0.15, -0.1) is 0 Å². The van der Waals surface area contributed by atoms with Crippen LogP contribution in [0.2, 0.25) is 0 Å². The van der Waals surface area contributed by atoms with E-state index >= 15 is 0 Å². The number of hydrogen-bond donors (Lipinski definition) is 1. The molecule has 1 aromatic rings. The zero-order valence-corrected chi connectivity index (χ0v) is 8.63. The molecule has 2 N–H and O–H groups in total. The zero-order valence-electron chi connectivity index (χ0n) is 8.63. The van der Waals surface area contributed by atoms with Crippen LogP contribution < -0.4 is 5.73 Å². The average Bonchev–Trinajstić information content (AvgIpc) is 3.07. The minimum absolute atomic E-state index is 0.264. The first-order valence-corrected chi connectivity index (χ1v) is 4.95. The van der Waals surface area contributed by atoms with Gasteiger partial charge in [-0.1, -0.05) is 30.3 Å². The van der Waals surface area contributed by atoms with Gasteiger partial charge in [0.05, 0.1) is 11.8 Å². The van der Waals surface area contributed by atoms with Gasteiger partial charge in [0.15, 0.2) is 0 Å². The van der Waals surface area contributed by atoms with Gasteiger partial charge < -0.3 is 10.6 Å². The molecule has 1 heterocycles. The second kappa shape index (κ2) is 4.07. The van der Waals surface area contributed by atoms with Gasteiger partial charge in [-0.05, 0) is 5.56 Å². The molecule has 1 aliphatic rings. The van der Waals surface area contributed by atoms with Gasteiger partial charge in [-0.2, -0.15) is 5.26 Å². The lowest BCUT2D eigenvalue weighted by Gasteiger charge is -2.08. The van der Waals surface area contributed by atoms with Crippen molar-refractivity contribution < 1.29 is 4.79 Å². The fourth-order valence-corrected chi connectivity index (χ4v) is 1.65. The number of benzene rings is 1. The highest BCUT2D eigenvalue weighted by molar-refractivity contribution is 5.86. The summed E-state index contributed by atoms with van der Waals surface area (Å²) in [6.45, 7) is 0.595. The molecule has 2 rings (SSSR count). The first-order valence-electron chi connectivity index (χ1n) is 4.95. The molecule has 80 valence electrons. The molecule has 4 nitrogen and oxygen atoms in total. The molecule has 1 amide bonds. The lowest BCUT2D eigenvalue weighted by atomic mass is 10.1. The van der Waals surface area contributed by atoms with Crippen molar-refractivity contribution in [3.8, 4) is 6.07 Å². The Bertz CT molecular complexity index is 473. The first-order chi connectivity index (χ1) is 7.74. The van der Waals surface area contributed by atoms with Crippen molar-refractivity contribution in [2.45, 2.75) is 6.04 Å². The normalized spacial score (nSPS) is 19.1. The number of nitriles is 1. The van der Waals surface area contributed by atoms with Gasteiger partial charge in [0, 0.05) is 12.6 Å². The topological polar surface area (TPSA) is 69.9 Å². The number of amides is 1. The van der Waals surface area contributed by atoms with Crippen molar-refractivity contribution in [1.29, 1.82) is 5.26 Å². The first kappa shape index (κ1) is 10.2. The van der Waals surface area contributed by atoms with Crippen LogP contribution in [0.15, 0.2) is 36.4 Å². The molecule has 1 aliphatic heterocycles. The second-order valence-electron chi connectivity index (χ2n) is 3.60. The minimum Gasteiger partial charge on any atom is -0.368 e. The number of carbonyl (C=O) groups excluding carboxylic acids is 1. The fourth-order valence-electron chi connectivity index (χ4n) is 1.65. The Morgan fingerprint density at radius 1 is 1.50 bits per heavy atom. The fraction of sp³-hybridized carbons (Fsp3) is 0.167. The van der Waals surface area contributed by atoms with Gasteiger partial charge in [0.1, 0.15) is 6.04 Å². The van der Waals surface area contributed by atoms with Crippen LogP contribution in [0.25, 0.3) is 5.70 Å². The molecule has 0 aliphatic carbocycles. The van der Waals surface area contributed by atoms with Crippen LogP contribution in [-0.2, 0) is 4.79 Å². The van der Waals surface area contributed by atoms with Crippen LogP contribution in [-0.4, -0.2) is 23.4 Å². The van der Waals surface area contributed by atoms with E-state index in [1.807, 2.05) is 41.3 Å². The van der Waals surface area contributed by atoms with Crippen molar-refractivity contribution >= 4 is 11.6 Å². The molecule has 0 spiro atoms. The van der Waals surface area contributed by atoms with Crippen LogP contribution in [0.1, 0.15) is 5.56 Å². The van der Waals surface area contributed by atoms with Crippen molar-refractivity contribution in [2.24, 2.45) is 5.73 Å². The summed E-state index contributed by atoms with van der Waals surface area (Å²) < 4.78 is 0. The minimum atomic E-state index is -0.347. The number of nitrogens with zero attached hydrogens (tertiary/aromatic N) is 2. The summed E-state index contributed by atoms with van der Waals surface area (Å²) in [7, 11) is 0. The number of nitrogens with two attached hydrogens (primary N) is 1. The highest BCUT2D eigenvalue weighted by Crippen LogP contribution is 2.30. The number of rotatable bonds is 3. The van der Waals surface area contributed by atoms with Crippen LogP contribution in [0.3, 0.4) is 0 Å². The maximum Gasteiger partial charge on any atom is 0.241 e. The van der Waals surface area contributed by atoms with Gasteiger partial charge >= 0.3 is 0 Å². The van der Waals surface area contributed by atoms with Crippen LogP contribution >= 0.6 is 0 Å². The summed E-state index contributed by atoms with van der Waals surface area (Å²) in [5.41, 5.74) is 6.89. The third-order valence-electron chi connectivity index (χ3n) is 2.52. The molecular formula is C12H11N3O. The Hall–Kier alpha value is -2.28. The Balaban J connectivity index is 2.25. The quantitative estimate of drug-likeness (QED) is 0.594. The number of primary amides is 1. The van der Waals surface area contributed by atoms with Gasteiger partial charge in [0.2, 0.25) is 5.91 Å². The highest BCUT2D eigenvalue weighted by atomic mass is 16.1.